The molecular weight excluding hydrogens is 258 g/mol. The molecular formula is C19H25NO. The molecule has 0 fully saturated rings. The highest BCUT2D eigenvalue weighted by atomic mass is 16.5. The van der Waals surface area contributed by atoms with E-state index < -0.39 is 0 Å². The summed E-state index contributed by atoms with van der Waals surface area (Å²) in [6, 6.07) is 19.4. The summed E-state index contributed by atoms with van der Waals surface area (Å²) in [5, 5.41) is 3.46. The van der Waals surface area contributed by atoms with E-state index in [4.69, 9.17) is 4.74 Å². The van der Waals surface area contributed by atoms with Crippen LogP contribution in [0.1, 0.15) is 30.5 Å². The van der Waals surface area contributed by atoms with Crippen LogP contribution >= 0.6 is 0 Å². The van der Waals surface area contributed by atoms with Gasteiger partial charge in [0.2, 0.25) is 0 Å². The van der Waals surface area contributed by atoms with Crippen LogP contribution in [0.2, 0.25) is 0 Å². The van der Waals surface area contributed by atoms with Crippen molar-refractivity contribution in [2.45, 2.75) is 39.5 Å². The number of hydrogen-bond acceptors (Lipinski definition) is 2. The molecule has 0 aliphatic rings. The topological polar surface area (TPSA) is 21.3 Å². The lowest BCUT2D eigenvalue weighted by molar-refractivity contribution is 0.106. The first-order chi connectivity index (χ1) is 10.3. The van der Waals surface area contributed by atoms with Gasteiger partial charge in [-0.3, -0.25) is 0 Å². The van der Waals surface area contributed by atoms with Gasteiger partial charge in [-0.2, -0.15) is 0 Å². The predicted octanol–water partition coefficient (Wildman–Crippen LogP) is 3.94. The van der Waals surface area contributed by atoms with Crippen LogP contribution in [0.5, 0.6) is 0 Å². The molecule has 0 spiro atoms. The lowest BCUT2D eigenvalue weighted by atomic mass is 10.1. The van der Waals surface area contributed by atoms with Crippen molar-refractivity contribution in [1.29, 1.82) is 0 Å². The molecule has 2 heteroatoms. The predicted molar refractivity (Wildman–Crippen MR) is 88.2 cm³/mol. The molecule has 0 amide bonds. The maximum Gasteiger partial charge on any atom is 0.0724 e. The van der Waals surface area contributed by atoms with Gasteiger partial charge in [0, 0.05) is 6.04 Å². The number of benzene rings is 2. The Morgan fingerprint density at radius 2 is 1.52 bits per heavy atom. The minimum Gasteiger partial charge on any atom is -0.372 e. The van der Waals surface area contributed by atoms with Crippen LogP contribution in [0, 0.1) is 0 Å². The second-order valence-corrected chi connectivity index (χ2v) is 5.61. The number of rotatable bonds is 8. The zero-order valence-corrected chi connectivity index (χ0v) is 13.0. The molecule has 21 heavy (non-hydrogen) atoms. The van der Waals surface area contributed by atoms with Crippen molar-refractivity contribution in [2.24, 2.45) is 0 Å². The summed E-state index contributed by atoms with van der Waals surface area (Å²) >= 11 is 0. The van der Waals surface area contributed by atoms with E-state index in [1.165, 1.54) is 16.7 Å². The van der Waals surface area contributed by atoms with E-state index in [0.717, 1.165) is 13.0 Å². The Hall–Kier alpha value is -1.64. The third-order valence-electron chi connectivity index (χ3n) is 3.43. The summed E-state index contributed by atoms with van der Waals surface area (Å²) in [6.07, 6.45) is 1.04. The fourth-order valence-corrected chi connectivity index (χ4v) is 2.29. The van der Waals surface area contributed by atoms with E-state index in [9.17, 15) is 0 Å². The summed E-state index contributed by atoms with van der Waals surface area (Å²) < 4.78 is 5.85. The van der Waals surface area contributed by atoms with Gasteiger partial charge in [-0.15, -0.1) is 0 Å². The molecule has 2 aromatic rings. The van der Waals surface area contributed by atoms with Crippen LogP contribution in [0.25, 0.3) is 0 Å². The summed E-state index contributed by atoms with van der Waals surface area (Å²) in [5.74, 6) is 0. The van der Waals surface area contributed by atoms with Crippen molar-refractivity contribution < 1.29 is 4.74 Å². The largest absolute Gasteiger partial charge is 0.372 e. The van der Waals surface area contributed by atoms with Gasteiger partial charge in [0.1, 0.15) is 0 Å². The molecule has 0 heterocycles. The van der Waals surface area contributed by atoms with Gasteiger partial charge < -0.3 is 10.1 Å². The van der Waals surface area contributed by atoms with Crippen LogP contribution in [0.15, 0.2) is 54.6 Å². The third kappa shape index (κ3) is 5.70. The van der Waals surface area contributed by atoms with Gasteiger partial charge >= 0.3 is 0 Å². The molecule has 0 saturated carbocycles. The van der Waals surface area contributed by atoms with Crippen LogP contribution in [-0.2, 0) is 24.4 Å². The van der Waals surface area contributed by atoms with Gasteiger partial charge in [-0.25, -0.2) is 0 Å². The highest BCUT2D eigenvalue weighted by Crippen LogP contribution is 2.12. The molecule has 0 aliphatic heterocycles. The van der Waals surface area contributed by atoms with Crippen LogP contribution in [0.4, 0.5) is 0 Å². The summed E-state index contributed by atoms with van der Waals surface area (Å²) in [7, 11) is 0. The molecule has 0 saturated heterocycles. The Labute approximate surface area is 128 Å². The quantitative estimate of drug-likeness (QED) is 0.792. The van der Waals surface area contributed by atoms with Gasteiger partial charge in [0.05, 0.1) is 13.2 Å². The number of ether oxygens (including phenoxy) is 1. The van der Waals surface area contributed by atoms with Crippen LogP contribution < -0.4 is 5.32 Å². The zero-order chi connectivity index (χ0) is 14.9. The van der Waals surface area contributed by atoms with Gasteiger partial charge in [-0.1, -0.05) is 68.4 Å². The molecule has 0 radical (unpaired) electrons. The lowest BCUT2D eigenvalue weighted by Crippen LogP contribution is -2.25. The minimum atomic E-state index is 0.534. The molecule has 0 aliphatic carbocycles. The van der Waals surface area contributed by atoms with E-state index in [-0.39, 0.29) is 0 Å². The monoisotopic (exact) mass is 283 g/mol. The average Bonchev–Trinajstić information content (AvgIpc) is 2.49. The molecule has 2 aromatic carbocycles. The number of nitrogens with one attached hydrogen (secondary N) is 1. The molecule has 0 unspecified atom stereocenters. The maximum absolute atomic E-state index is 5.85. The normalized spacial score (nSPS) is 11.0. The molecule has 2 rings (SSSR count). The fourth-order valence-electron chi connectivity index (χ4n) is 2.29. The van der Waals surface area contributed by atoms with E-state index in [0.29, 0.717) is 19.3 Å². The Balaban J connectivity index is 1.84. The first kappa shape index (κ1) is 15.7. The molecule has 0 atom stereocenters. The van der Waals surface area contributed by atoms with E-state index in [2.05, 4.69) is 55.6 Å². The van der Waals surface area contributed by atoms with Gasteiger partial charge in [-0.05, 0) is 29.7 Å². The second-order valence-electron chi connectivity index (χ2n) is 5.61. The molecule has 112 valence electrons. The van der Waals surface area contributed by atoms with Crippen molar-refractivity contribution in [2.75, 3.05) is 6.54 Å². The van der Waals surface area contributed by atoms with Crippen LogP contribution in [-0.4, -0.2) is 12.6 Å². The number of hydrogen-bond donors (Lipinski definition) is 1. The second kappa shape index (κ2) is 8.60. The molecule has 2 nitrogen and oxygen atoms in total. The van der Waals surface area contributed by atoms with Crippen molar-refractivity contribution in [3.05, 3.63) is 71.3 Å². The molecule has 0 bridgehead atoms. The Kier molecular flexibility index (Phi) is 6.45. The van der Waals surface area contributed by atoms with Crippen LogP contribution in [0.3, 0.4) is 0 Å². The Bertz CT molecular complexity index is 522. The van der Waals surface area contributed by atoms with Crippen molar-refractivity contribution in [1.82, 2.24) is 5.32 Å². The van der Waals surface area contributed by atoms with E-state index in [1.54, 1.807) is 0 Å². The smallest absolute Gasteiger partial charge is 0.0724 e. The highest BCUT2D eigenvalue weighted by molar-refractivity contribution is 5.27. The van der Waals surface area contributed by atoms with Gasteiger partial charge in [0.15, 0.2) is 0 Å². The van der Waals surface area contributed by atoms with Crippen molar-refractivity contribution in [3.8, 4) is 0 Å². The lowest BCUT2D eigenvalue weighted by Gasteiger charge is -2.12. The Morgan fingerprint density at radius 3 is 2.24 bits per heavy atom. The third-order valence-corrected chi connectivity index (χ3v) is 3.43. The summed E-state index contributed by atoms with van der Waals surface area (Å²) in [5.41, 5.74) is 3.88. The standard InChI is InChI=1S/C19H25NO/c1-16(2)20-13-12-18-10-6-7-11-19(18)15-21-14-17-8-4-3-5-9-17/h3-11,16,20H,12-15H2,1-2H3. The maximum atomic E-state index is 5.85. The Morgan fingerprint density at radius 1 is 0.857 bits per heavy atom. The average molecular weight is 283 g/mol. The zero-order valence-electron chi connectivity index (χ0n) is 13.0. The fraction of sp³-hybridized carbons (Fsp3) is 0.368. The summed E-state index contributed by atoms with van der Waals surface area (Å²) in [6.45, 7) is 6.70. The first-order valence-electron chi connectivity index (χ1n) is 7.67. The van der Waals surface area contributed by atoms with Gasteiger partial charge in [0.25, 0.3) is 0 Å². The van der Waals surface area contributed by atoms with Crippen molar-refractivity contribution >= 4 is 0 Å². The minimum absolute atomic E-state index is 0.534. The molecule has 1 N–H and O–H groups in total. The summed E-state index contributed by atoms with van der Waals surface area (Å²) in [4.78, 5) is 0. The first-order valence-corrected chi connectivity index (χ1v) is 7.67. The van der Waals surface area contributed by atoms with E-state index in [1.807, 2.05) is 18.2 Å². The van der Waals surface area contributed by atoms with Crippen molar-refractivity contribution in [3.63, 3.8) is 0 Å². The molecule has 0 aromatic heterocycles. The van der Waals surface area contributed by atoms with E-state index >= 15 is 0 Å². The highest BCUT2D eigenvalue weighted by Gasteiger charge is 2.03. The SMILES string of the molecule is CC(C)NCCc1ccccc1COCc1ccccc1.